The molecule has 0 saturated carbocycles. The molecule has 2 aromatic carbocycles. The summed E-state index contributed by atoms with van der Waals surface area (Å²) in [7, 11) is 2.06. The van der Waals surface area contributed by atoms with Gasteiger partial charge in [-0.1, -0.05) is 24.6 Å². The van der Waals surface area contributed by atoms with E-state index in [2.05, 4.69) is 28.6 Å². The predicted octanol–water partition coefficient (Wildman–Crippen LogP) is 3.49. The second kappa shape index (κ2) is 8.94. The van der Waals surface area contributed by atoms with Gasteiger partial charge in [-0.2, -0.15) is 0 Å². The Bertz CT molecular complexity index is 1150. The zero-order valence-corrected chi connectivity index (χ0v) is 18.9. The molecule has 2 amide bonds. The van der Waals surface area contributed by atoms with Gasteiger partial charge in [0.15, 0.2) is 0 Å². The van der Waals surface area contributed by atoms with Crippen molar-refractivity contribution in [2.45, 2.75) is 25.7 Å². The van der Waals surface area contributed by atoms with E-state index in [-0.39, 0.29) is 11.8 Å². The number of nitrogens with zero attached hydrogens (tertiary/aromatic N) is 4. The molecule has 0 N–H and O–H groups in total. The van der Waals surface area contributed by atoms with Crippen molar-refractivity contribution in [3.63, 3.8) is 0 Å². The molecular formula is C26H32N4O2. The molecule has 2 aliphatic heterocycles. The van der Waals surface area contributed by atoms with Crippen LogP contribution in [0.4, 0.5) is 0 Å². The monoisotopic (exact) mass is 432 g/mol. The number of hydrogen-bond donors (Lipinski definition) is 0. The molecule has 0 radical (unpaired) electrons. The van der Waals surface area contributed by atoms with Gasteiger partial charge in [0, 0.05) is 73.6 Å². The fourth-order valence-electron chi connectivity index (χ4n) is 5.23. The van der Waals surface area contributed by atoms with E-state index >= 15 is 0 Å². The number of amides is 2. The number of aryl methyl sites for hydroxylation is 1. The largest absolute Gasteiger partial charge is 0.344 e. The highest BCUT2D eigenvalue weighted by Gasteiger charge is 2.25. The van der Waals surface area contributed by atoms with E-state index in [1.807, 2.05) is 40.1 Å². The van der Waals surface area contributed by atoms with Crippen molar-refractivity contribution in [1.82, 2.24) is 19.3 Å². The Kier molecular flexibility index (Phi) is 5.87. The highest BCUT2D eigenvalue weighted by atomic mass is 16.2. The van der Waals surface area contributed by atoms with Crippen LogP contribution in [0.3, 0.4) is 0 Å². The number of hydrogen-bond acceptors (Lipinski definition) is 3. The van der Waals surface area contributed by atoms with Gasteiger partial charge in [-0.05, 0) is 50.2 Å². The minimum atomic E-state index is 0.0190. The van der Waals surface area contributed by atoms with E-state index < -0.39 is 0 Å². The smallest absolute Gasteiger partial charge is 0.253 e. The molecule has 0 unspecified atom stereocenters. The summed E-state index contributed by atoms with van der Waals surface area (Å²) < 4.78 is 2.17. The van der Waals surface area contributed by atoms with Crippen LogP contribution in [0.25, 0.3) is 21.8 Å². The molecule has 0 bridgehead atoms. The van der Waals surface area contributed by atoms with E-state index in [0.29, 0.717) is 31.6 Å². The molecule has 5 rings (SSSR count). The SMILES string of the molecule is Cn1c2ccccc2c2cc(C(=O)N3CCC(=O)N(CCN4CCCCC4)CC3)ccc21. The lowest BCUT2D eigenvalue weighted by molar-refractivity contribution is -0.130. The van der Waals surface area contributed by atoms with Crippen molar-refractivity contribution in [3.05, 3.63) is 48.0 Å². The normalized spacial score (nSPS) is 18.5. The maximum atomic E-state index is 13.3. The van der Waals surface area contributed by atoms with Crippen LogP contribution in [0.2, 0.25) is 0 Å². The average Bonchev–Trinajstić information content (AvgIpc) is 2.98. The maximum Gasteiger partial charge on any atom is 0.253 e. The van der Waals surface area contributed by atoms with Crippen molar-refractivity contribution in [3.8, 4) is 0 Å². The first-order valence-corrected chi connectivity index (χ1v) is 11.9. The lowest BCUT2D eigenvalue weighted by Crippen LogP contribution is -2.41. The highest BCUT2D eigenvalue weighted by Crippen LogP contribution is 2.29. The van der Waals surface area contributed by atoms with Gasteiger partial charge >= 0.3 is 0 Å². The number of carbonyl (C=O) groups is 2. The number of piperidine rings is 1. The molecule has 3 heterocycles. The van der Waals surface area contributed by atoms with Crippen LogP contribution in [-0.4, -0.2) is 76.9 Å². The number of fused-ring (bicyclic) bond motifs is 3. The summed E-state index contributed by atoms with van der Waals surface area (Å²) in [4.78, 5) is 32.3. The van der Waals surface area contributed by atoms with E-state index in [9.17, 15) is 9.59 Å². The Morgan fingerprint density at radius 3 is 2.47 bits per heavy atom. The minimum Gasteiger partial charge on any atom is -0.344 e. The van der Waals surface area contributed by atoms with E-state index in [4.69, 9.17) is 0 Å². The molecule has 2 saturated heterocycles. The quantitative estimate of drug-likeness (QED) is 0.634. The summed E-state index contributed by atoms with van der Waals surface area (Å²) in [5.74, 6) is 0.187. The second-order valence-electron chi connectivity index (χ2n) is 9.13. The first-order valence-electron chi connectivity index (χ1n) is 11.9. The van der Waals surface area contributed by atoms with Gasteiger partial charge in [0.1, 0.15) is 0 Å². The Morgan fingerprint density at radius 2 is 1.62 bits per heavy atom. The third-order valence-corrected chi connectivity index (χ3v) is 7.17. The number of carbonyl (C=O) groups excluding carboxylic acids is 2. The summed E-state index contributed by atoms with van der Waals surface area (Å²) in [6.07, 6.45) is 4.25. The zero-order chi connectivity index (χ0) is 22.1. The molecular weight excluding hydrogens is 400 g/mol. The van der Waals surface area contributed by atoms with Crippen LogP contribution in [0.5, 0.6) is 0 Å². The van der Waals surface area contributed by atoms with Crippen molar-refractivity contribution < 1.29 is 9.59 Å². The molecule has 6 nitrogen and oxygen atoms in total. The van der Waals surface area contributed by atoms with Gasteiger partial charge in [-0.15, -0.1) is 0 Å². The topological polar surface area (TPSA) is 48.8 Å². The summed E-state index contributed by atoms with van der Waals surface area (Å²) >= 11 is 0. The standard InChI is InChI=1S/C26H32N4O2/c1-27-23-8-4-3-7-21(23)22-19-20(9-10-24(22)27)26(32)30-14-11-25(31)29(17-18-30)16-15-28-12-5-2-6-13-28/h3-4,7-10,19H,2,5-6,11-18H2,1H3. The van der Waals surface area contributed by atoms with Crippen molar-refractivity contribution in [1.29, 1.82) is 0 Å². The van der Waals surface area contributed by atoms with Gasteiger partial charge in [0.25, 0.3) is 5.91 Å². The first kappa shape index (κ1) is 21.0. The second-order valence-corrected chi connectivity index (χ2v) is 9.13. The summed E-state index contributed by atoms with van der Waals surface area (Å²) in [6, 6.07) is 14.3. The van der Waals surface area contributed by atoms with Gasteiger partial charge in [0.2, 0.25) is 5.91 Å². The summed E-state index contributed by atoms with van der Waals surface area (Å²) in [5, 5.41) is 2.26. The molecule has 2 fully saturated rings. The Balaban J connectivity index is 1.29. The lowest BCUT2D eigenvalue weighted by Gasteiger charge is -2.29. The van der Waals surface area contributed by atoms with Gasteiger partial charge < -0.3 is 19.3 Å². The summed E-state index contributed by atoms with van der Waals surface area (Å²) in [6.45, 7) is 5.70. The van der Waals surface area contributed by atoms with Crippen molar-refractivity contribution in [2.75, 3.05) is 45.8 Å². The third-order valence-electron chi connectivity index (χ3n) is 7.17. The van der Waals surface area contributed by atoms with Crippen LogP contribution < -0.4 is 0 Å². The number of aromatic nitrogens is 1. The zero-order valence-electron chi connectivity index (χ0n) is 18.9. The van der Waals surface area contributed by atoms with Crippen LogP contribution in [0.15, 0.2) is 42.5 Å². The van der Waals surface area contributed by atoms with Gasteiger partial charge in [-0.3, -0.25) is 9.59 Å². The van der Waals surface area contributed by atoms with Crippen LogP contribution in [0, 0.1) is 0 Å². The predicted molar refractivity (Wildman–Crippen MR) is 128 cm³/mol. The van der Waals surface area contributed by atoms with E-state index in [0.717, 1.165) is 48.0 Å². The van der Waals surface area contributed by atoms with E-state index in [1.165, 1.54) is 19.3 Å². The van der Waals surface area contributed by atoms with E-state index in [1.54, 1.807) is 0 Å². The fraction of sp³-hybridized carbons (Fsp3) is 0.462. The molecule has 0 atom stereocenters. The molecule has 0 aliphatic carbocycles. The first-order chi connectivity index (χ1) is 15.6. The molecule has 6 heteroatoms. The molecule has 32 heavy (non-hydrogen) atoms. The van der Waals surface area contributed by atoms with Crippen molar-refractivity contribution >= 4 is 33.6 Å². The number of likely N-dealkylation sites (tertiary alicyclic amines) is 1. The van der Waals surface area contributed by atoms with Crippen LogP contribution in [0.1, 0.15) is 36.0 Å². The summed E-state index contributed by atoms with van der Waals surface area (Å²) in [5.41, 5.74) is 2.98. The Hall–Kier alpha value is -2.86. The molecule has 3 aromatic rings. The molecule has 168 valence electrons. The molecule has 0 spiro atoms. The lowest BCUT2D eigenvalue weighted by atomic mass is 10.1. The Morgan fingerprint density at radius 1 is 0.844 bits per heavy atom. The van der Waals surface area contributed by atoms with Crippen molar-refractivity contribution in [2.24, 2.45) is 7.05 Å². The maximum absolute atomic E-state index is 13.3. The van der Waals surface area contributed by atoms with Crippen LogP contribution in [-0.2, 0) is 11.8 Å². The average molecular weight is 433 g/mol. The molecule has 2 aliphatic rings. The molecule has 1 aromatic heterocycles. The Labute approximate surface area is 189 Å². The van der Waals surface area contributed by atoms with Crippen LogP contribution >= 0.6 is 0 Å². The van der Waals surface area contributed by atoms with Gasteiger partial charge in [-0.25, -0.2) is 0 Å². The number of para-hydroxylation sites is 1. The third kappa shape index (κ3) is 3.99. The fourth-order valence-corrected chi connectivity index (χ4v) is 5.23. The van der Waals surface area contributed by atoms with Gasteiger partial charge in [0.05, 0.1) is 0 Å². The number of benzene rings is 2. The number of rotatable bonds is 4. The minimum absolute atomic E-state index is 0.0190. The highest BCUT2D eigenvalue weighted by molar-refractivity contribution is 6.10.